The first-order chi connectivity index (χ1) is 67.0. The summed E-state index contributed by atoms with van der Waals surface area (Å²) in [4.78, 5) is 19.9. The molecule has 0 bridgehead atoms. The van der Waals surface area contributed by atoms with Gasteiger partial charge < -0.3 is 30.0 Å². The normalized spacial score (nSPS) is 11.3. The van der Waals surface area contributed by atoms with Crippen molar-refractivity contribution in [2.75, 3.05) is 86.8 Å². The summed E-state index contributed by atoms with van der Waals surface area (Å²) < 4.78 is 0. The highest BCUT2D eigenvalue weighted by Crippen LogP contribution is 2.27. The van der Waals surface area contributed by atoms with E-state index in [0.29, 0.717) is 0 Å². The molecule has 1 atom stereocenters. The number of aldehydes is 1. The first-order valence-corrected chi connectivity index (χ1v) is 60.0. The van der Waals surface area contributed by atoms with Crippen LogP contribution < -0.4 is 24.9 Å². The lowest BCUT2D eigenvalue weighted by atomic mass is 10.0. The van der Waals surface area contributed by atoms with E-state index in [9.17, 15) is 9.90 Å². The summed E-state index contributed by atoms with van der Waals surface area (Å²) in [5.74, 6) is 0. The summed E-state index contributed by atoms with van der Waals surface area (Å²) in [6.45, 7) is 14.9. The summed E-state index contributed by atoms with van der Waals surface area (Å²) in [5.41, 5.74) is 9.60. The highest BCUT2D eigenvalue weighted by molar-refractivity contribution is 5.75. The number of nitrogens with one attached hydrogen (secondary N) is 1. The van der Waals surface area contributed by atoms with E-state index >= 15 is 0 Å². The van der Waals surface area contributed by atoms with Crippen molar-refractivity contribution in [3.8, 4) is 0 Å². The molecule has 5 aromatic rings. The van der Waals surface area contributed by atoms with E-state index in [1.54, 1.807) is 0 Å². The van der Waals surface area contributed by atoms with Gasteiger partial charge in [-0.25, -0.2) is 0 Å². The molecule has 0 aromatic heterocycles. The maximum absolute atomic E-state index is 10.7. The second-order valence-electron chi connectivity index (χ2n) is 42.0. The topological polar surface area (TPSA) is 62.3 Å². The van der Waals surface area contributed by atoms with Crippen LogP contribution in [-0.2, 0) is 6.42 Å². The number of anilines is 5. The second kappa shape index (κ2) is 104. The minimum absolute atomic E-state index is 0.314. The highest BCUT2D eigenvalue weighted by Gasteiger charge is 2.11. The van der Waals surface area contributed by atoms with Crippen molar-refractivity contribution < 1.29 is 9.90 Å². The van der Waals surface area contributed by atoms with Crippen LogP contribution >= 0.6 is 0 Å². The number of nitrogens with zero attached hydrogens (tertiary/aromatic N) is 4. The number of aliphatic hydroxyl groups is 1. The van der Waals surface area contributed by atoms with E-state index < -0.39 is 0 Å². The zero-order valence-corrected chi connectivity index (χ0v) is 92.8. The highest BCUT2D eigenvalue weighted by atomic mass is 16.3. The fraction of sp³-hybridized carbons (Fsp3) is 0.760. The van der Waals surface area contributed by atoms with Gasteiger partial charge in [0.2, 0.25) is 0 Å². The quantitative estimate of drug-likeness (QED) is 0.0297. The molecule has 784 valence electrons. The van der Waals surface area contributed by atoms with Crippen LogP contribution in [0.4, 0.5) is 28.4 Å². The minimum atomic E-state index is -0.314. The van der Waals surface area contributed by atoms with Crippen LogP contribution in [0.25, 0.3) is 0 Å². The smallest absolute Gasteiger partial charge is 0.150 e. The van der Waals surface area contributed by atoms with E-state index in [1.165, 1.54) is 555 Å². The summed E-state index contributed by atoms with van der Waals surface area (Å²) in [6, 6.07) is 46.5. The predicted octanol–water partition coefficient (Wildman–Crippen LogP) is 42.3. The molecule has 7 heteroatoms. The number of para-hydroxylation sites is 2. The molecule has 0 aliphatic carbocycles. The lowest BCUT2D eigenvalue weighted by molar-refractivity contribution is 0.112. The van der Waals surface area contributed by atoms with Gasteiger partial charge in [-0.05, 0) is 122 Å². The number of aliphatic hydroxyl groups excluding tert-OH is 1. The van der Waals surface area contributed by atoms with E-state index in [4.69, 9.17) is 0 Å². The van der Waals surface area contributed by atoms with Gasteiger partial charge in [0.25, 0.3) is 0 Å². The van der Waals surface area contributed by atoms with Crippen molar-refractivity contribution in [2.45, 2.75) is 574 Å². The van der Waals surface area contributed by atoms with Crippen molar-refractivity contribution in [2.24, 2.45) is 0 Å². The Labute approximate surface area is 849 Å². The van der Waals surface area contributed by atoms with Crippen LogP contribution in [0.2, 0.25) is 0 Å². The number of carbonyl (C=O) groups excluding carboxylic acids is 1. The van der Waals surface area contributed by atoms with Gasteiger partial charge in [-0.1, -0.05) is 590 Å². The fourth-order valence-electron chi connectivity index (χ4n) is 19.2. The van der Waals surface area contributed by atoms with Crippen LogP contribution in [0.1, 0.15) is 589 Å². The van der Waals surface area contributed by atoms with Gasteiger partial charge in [-0.3, -0.25) is 4.79 Å². The van der Waals surface area contributed by atoms with Crippen LogP contribution in [0, 0.1) is 0 Å². The molecule has 0 aliphatic heterocycles. The van der Waals surface area contributed by atoms with Crippen LogP contribution in [0.5, 0.6) is 0 Å². The maximum Gasteiger partial charge on any atom is 0.150 e. The number of unbranched alkanes of at least 4 members (excludes halogenated alkanes) is 76. The van der Waals surface area contributed by atoms with Gasteiger partial charge in [0, 0.05) is 95.9 Å². The molecule has 0 saturated heterocycles. The van der Waals surface area contributed by atoms with Gasteiger partial charge in [0.05, 0.1) is 6.10 Å². The lowest BCUT2D eigenvalue weighted by Gasteiger charge is -2.20. The molecule has 7 nitrogen and oxygen atoms in total. The van der Waals surface area contributed by atoms with Crippen molar-refractivity contribution in [3.05, 3.63) is 150 Å². The van der Waals surface area contributed by atoms with E-state index in [-0.39, 0.29) is 6.10 Å². The standard InChI is InChI=1S/C44H83NO.C27H49N.C26H45NO.C25H45N.C7H9N/c1-4-6-8-10-12-14-16-18-20-22-24-26-28-30-32-34-36-44(46)42-37-39-43(40-38-42)45(3)41-35-33-31-29-27-25-23-21-19-17-15-13-11-9-7-5-2;1-4-5-6-7-8-9-10-11-12-13-14-15-16-17-18-19-20-21-26-22-24-27(25-23-26)28(2)3;1-3-4-5-6-7-8-9-10-11-12-13-14-15-16-17-18-23-27(2)26-21-19-25(24-28)20-22-26;1-3-4-5-6-7-8-9-10-11-12-13-14-15-16-17-21-24-26(2)25-22-19-18-20-23-25;1-8-7-5-3-2-4-6-7/h37-40,44,46H,4-36,41H2,1-3H3;22-25H,4-21H2,1-3H3;19-22,24H,3-18,23H2,1-2H3;18-20,22-23H,3-17,21,24H2,1-2H3;2-6,8H,1H3. The molecule has 0 aliphatic rings. The number of hydrogen-bond donors (Lipinski definition) is 2. The molecular weight excluding hydrogens is 1650 g/mol. The first-order valence-electron chi connectivity index (χ1n) is 60.0. The maximum atomic E-state index is 10.7. The molecule has 0 amide bonds. The first kappa shape index (κ1) is 129. The van der Waals surface area contributed by atoms with Crippen molar-refractivity contribution >= 4 is 34.7 Å². The summed E-state index contributed by atoms with van der Waals surface area (Å²) >= 11 is 0. The van der Waals surface area contributed by atoms with Crippen molar-refractivity contribution in [1.29, 1.82) is 0 Å². The van der Waals surface area contributed by atoms with Crippen LogP contribution in [-0.4, -0.2) is 73.3 Å². The van der Waals surface area contributed by atoms with Gasteiger partial charge in [-0.15, -0.1) is 0 Å². The van der Waals surface area contributed by atoms with Gasteiger partial charge in [0.15, 0.2) is 0 Å². The molecular formula is C129H231N5O2. The molecule has 136 heavy (non-hydrogen) atoms. The third kappa shape index (κ3) is 86.6. The molecule has 0 radical (unpaired) electrons. The monoisotopic (exact) mass is 1880 g/mol. The Kier molecular flexibility index (Phi) is 98.5. The van der Waals surface area contributed by atoms with Gasteiger partial charge in [0.1, 0.15) is 6.29 Å². The lowest BCUT2D eigenvalue weighted by Crippen LogP contribution is -2.18. The van der Waals surface area contributed by atoms with E-state index in [0.717, 1.165) is 49.0 Å². The third-order valence-corrected chi connectivity index (χ3v) is 28.8. The van der Waals surface area contributed by atoms with E-state index in [2.05, 4.69) is 174 Å². The summed E-state index contributed by atoms with van der Waals surface area (Å²) in [5, 5.41) is 13.7. The molecule has 0 saturated carbocycles. The minimum Gasteiger partial charge on any atom is -0.388 e. The Morgan fingerprint density at radius 3 is 0.669 bits per heavy atom. The molecule has 0 spiro atoms. The molecule has 0 heterocycles. The van der Waals surface area contributed by atoms with Gasteiger partial charge >= 0.3 is 0 Å². The van der Waals surface area contributed by atoms with Crippen LogP contribution in [0.3, 0.4) is 0 Å². The Hall–Kier alpha value is -5.27. The SMILES string of the molecule is CCCCCCCCCCCCCCCCCCC(O)c1ccc(N(C)CCCCCCCCCCCCCCCCCC)cc1.CCCCCCCCCCCCCCCCCCCc1ccc(N(C)C)cc1.CCCCCCCCCCCCCCCCCCN(C)c1ccc(C=O)cc1.CCCCCCCCCCCCCCCCCCN(C)c1ccccc1.CNc1ccccc1. The molecule has 1 unspecified atom stereocenters. The number of benzene rings is 5. The number of carbonyl (C=O) groups is 1. The Morgan fingerprint density at radius 1 is 0.235 bits per heavy atom. The Balaban J connectivity index is 0.000000903. The van der Waals surface area contributed by atoms with Gasteiger partial charge in [-0.2, -0.15) is 0 Å². The third-order valence-electron chi connectivity index (χ3n) is 28.8. The predicted molar refractivity (Wildman–Crippen MR) is 617 cm³/mol. The fourth-order valence-corrected chi connectivity index (χ4v) is 19.2. The second-order valence-corrected chi connectivity index (χ2v) is 42.0. The average Bonchev–Trinajstić information content (AvgIpc) is 0.884. The van der Waals surface area contributed by atoms with Crippen molar-refractivity contribution in [1.82, 2.24) is 0 Å². The molecule has 2 N–H and O–H groups in total. The zero-order chi connectivity index (χ0) is 98.3. The average molecular weight is 1880 g/mol. The number of aryl methyl sites for hydroxylation is 1. The molecule has 5 aromatic carbocycles. The van der Waals surface area contributed by atoms with E-state index in [1.807, 2.05) is 61.6 Å². The molecule has 0 fully saturated rings. The van der Waals surface area contributed by atoms with Crippen molar-refractivity contribution in [3.63, 3.8) is 0 Å². The summed E-state index contributed by atoms with van der Waals surface area (Å²) in [6.07, 6.45) is 118. The number of rotatable bonds is 93. The largest absolute Gasteiger partial charge is 0.388 e. The zero-order valence-electron chi connectivity index (χ0n) is 92.8. The Bertz CT molecular complexity index is 3020. The molecule has 5 rings (SSSR count). The summed E-state index contributed by atoms with van der Waals surface area (Å²) in [7, 11) is 12.7. The van der Waals surface area contributed by atoms with Crippen LogP contribution in [0.15, 0.2) is 133 Å². The Morgan fingerprint density at radius 2 is 0.441 bits per heavy atom. The number of hydrogen-bond acceptors (Lipinski definition) is 7.